The summed E-state index contributed by atoms with van der Waals surface area (Å²) in [6.07, 6.45) is 5.80. The summed E-state index contributed by atoms with van der Waals surface area (Å²) in [6, 6.07) is 22.1. The highest BCUT2D eigenvalue weighted by Crippen LogP contribution is 2.44. The third-order valence-corrected chi connectivity index (χ3v) is 5.99. The van der Waals surface area contributed by atoms with Crippen molar-refractivity contribution in [2.45, 2.75) is 57.5 Å². The zero-order chi connectivity index (χ0) is 18.6. The zero-order valence-corrected chi connectivity index (χ0v) is 17.6. The molecule has 2 aromatic carbocycles. The van der Waals surface area contributed by atoms with Crippen molar-refractivity contribution in [1.82, 2.24) is 0 Å². The molecule has 3 heteroatoms. The summed E-state index contributed by atoms with van der Waals surface area (Å²) in [4.78, 5) is 0. The SMILES string of the molecule is CCC=[N+]1CCCC1C(O[Si](C)(C)C)(c1ccccc1)c1ccccc1. The second-order valence-corrected chi connectivity index (χ2v) is 12.6. The summed E-state index contributed by atoms with van der Waals surface area (Å²) in [5.41, 5.74) is 2.12. The molecule has 1 unspecified atom stereocenters. The molecule has 0 aliphatic carbocycles. The Bertz CT molecular complexity index is 694. The smallest absolute Gasteiger partial charge is 0.188 e. The molecule has 1 aliphatic heterocycles. The highest BCUT2D eigenvalue weighted by Gasteiger charge is 2.53. The van der Waals surface area contributed by atoms with E-state index in [0.29, 0.717) is 6.04 Å². The van der Waals surface area contributed by atoms with Crippen LogP contribution >= 0.6 is 0 Å². The van der Waals surface area contributed by atoms with Crippen LogP contribution in [0.3, 0.4) is 0 Å². The van der Waals surface area contributed by atoms with Gasteiger partial charge in [0.25, 0.3) is 0 Å². The molecule has 0 aromatic heterocycles. The van der Waals surface area contributed by atoms with E-state index in [9.17, 15) is 0 Å². The van der Waals surface area contributed by atoms with Crippen molar-refractivity contribution in [3.05, 3.63) is 71.8 Å². The van der Waals surface area contributed by atoms with Gasteiger partial charge in [-0.15, -0.1) is 0 Å². The van der Waals surface area contributed by atoms with E-state index < -0.39 is 13.9 Å². The predicted molar refractivity (Wildman–Crippen MR) is 113 cm³/mol. The first kappa shape index (κ1) is 19.1. The minimum absolute atomic E-state index is 0.332. The average molecular weight is 367 g/mol. The van der Waals surface area contributed by atoms with Crippen molar-refractivity contribution in [2.75, 3.05) is 6.54 Å². The van der Waals surface area contributed by atoms with Gasteiger partial charge < -0.3 is 4.43 Å². The molecule has 0 spiro atoms. The molecule has 0 radical (unpaired) electrons. The maximum atomic E-state index is 7.14. The average Bonchev–Trinajstić information content (AvgIpc) is 3.09. The summed E-state index contributed by atoms with van der Waals surface area (Å²) >= 11 is 0. The van der Waals surface area contributed by atoms with Crippen LogP contribution in [0, 0.1) is 0 Å². The maximum Gasteiger partial charge on any atom is 0.188 e. The Morgan fingerprint density at radius 1 is 1.00 bits per heavy atom. The molecule has 3 rings (SSSR count). The molecule has 1 saturated heterocycles. The van der Waals surface area contributed by atoms with E-state index in [1.54, 1.807) is 0 Å². The molecular weight excluding hydrogens is 334 g/mol. The molecule has 0 saturated carbocycles. The van der Waals surface area contributed by atoms with E-state index in [0.717, 1.165) is 19.4 Å². The van der Waals surface area contributed by atoms with E-state index >= 15 is 0 Å². The predicted octanol–water partition coefficient (Wildman–Crippen LogP) is 5.44. The Hall–Kier alpha value is -1.71. The molecule has 1 fully saturated rings. The van der Waals surface area contributed by atoms with Crippen LogP contribution in [-0.4, -0.2) is 31.7 Å². The molecule has 1 heterocycles. The van der Waals surface area contributed by atoms with Gasteiger partial charge in [-0.3, -0.25) is 0 Å². The Balaban J connectivity index is 2.26. The number of hydrogen-bond acceptors (Lipinski definition) is 1. The highest BCUT2D eigenvalue weighted by atomic mass is 28.4. The number of rotatable bonds is 6. The lowest BCUT2D eigenvalue weighted by atomic mass is 9.79. The Kier molecular flexibility index (Phi) is 5.78. The number of nitrogens with zero attached hydrogens (tertiary/aromatic N) is 1. The Morgan fingerprint density at radius 3 is 2.00 bits per heavy atom. The third-order valence-electron chi connectivity index (χ3n) is 5.05. The molecule has 2 aromatic rings. The highest BCUT2D eigenvalue weighted by molar-refractivity contribution is 6.69. The van der Waals surface area contributed by atoms with Gasteiger partial charge in [0, 0.05) is 19.3 Å². The van der Waals surface area contributed by atoms with E-state index in [2.05, 4.69) is 98.0 Å². The van der Waals surface area contributed by atoms with Crippen LogP contribution in [0.1, 0.15) is 37.3 Å². The first-order valence-corrected chi connectivity index (χ1v) is 13.3. The second kappa shape index (κ2) is 7.89. The van der Waals surface area contributed by atoms with Crippen LogP contribution in [0.25, 0.3) is 0 Å². The van der Waals surface area contributed by atoms with E-state index in [-0.39, 0.29) is 0 Å². The van der Waals surface area contributed by atoms with Gasteiger partial charge in [-0.05, 0) is 30.8 Å². The molecule has 0 bridgehead atoms. The van der Waals surface area contributed by atoms with Crippen LogP contribution in [0.5, 0.6) is 0 Å². The normalized spacial score (nSPS) is 19.8. The van der Waals surface area contributed by atoms with Crippen LogP contribution in [0.15, 0.2) is 60.7 Å². The Labute approximate surface area is 159 Å². The zero-order valence-electron chi connectivity index (χ0n) is 16.6. The van der Waals surface area contributed by atoms with Crippen LogP contribution in [-0.2, 0) is 10.0 Å². The summed E-state index contributed by atoms with van der Waals surface area (Å²) in [5.74, 6) is 0. The minimum atomic E-state index is -1.82. The molecule has 26 heavy (non-hydrogen) atoms. The standard InChI is InChI=1S/C23H32NOSi/c1-5-18-24-19-12-17-22(24)23(25-26(2,3)4,20-13-8-6-9-14-20)21-15-10-7-11-16-21/h6-11,13-16,18,22H,5,12,17,19H2,1-4H3/q+1. The van der Waals surface area contributed by atoms with Gasteiger partial charge >= 0.3 is 0 Å². The lowest BCUT2D eigenvalue weighted by Gasteiger charge is -2.42. The summed E-state index contributed by atoms with van der Waals surface area (Å²) < 4.78 is 9.68. The second-order valence-electron chi connectivity index (χ2n) is 8.17. The maximum absolute atomic E-state index is 7.14. The van der Waals surface area contributed by atoms with Gasteiger partial charge in [-0.2, -0.15) is 0 Å². The van der Waals surface area contributed by atoms with Crippen LogP contribution in [0.2, 0.25) is 19.6 Å². The summed E-state index contributed by atoms with van der Waals surface area (Å²) in [6.45, 7) is 10.2. The molecule has 0 N–H and O–H groups in total. The van der Waals surface area contributed by atoms with Crippen molar-refractivity contribution in [1.29, 1.82) is 0 Å². The quantitative estimate of drug-likeness (QED) is 0.490. The van der Waals surface area contributed by atoms with E-state index in [1.165, 1.54) is 17.5 Å². The van der Waals surface area contributed by atoms with Crippen molar-refractivity contribution in [2.24, 2.45) is 0 Å². The van der Waals surface area contributed by atoms with Gasteiger partial charge in [0.15, 0.2) is 20.0 Å². The van der Waals surface area contributed by atoms with Crippen molar-refractivity contribution in [3.8, 4) is 0 Å². The third kappa shape index (κ3) is 3.84. The van der Waals surface area contributed by atoms with Crippen molar-refractivity contribution < 1.29 is 9.00 Å². The molecular formula is C23H32NOSi+. The van der Waals surface area contributed by atoms with Crippen LogP contribution < -0.4 is 0 Å². The van der Waals surface area contributed by atoms with Gasteiger partial charge in [-0.1, -0.05) is 67.6 Å². The molecule has 138 valence electrons. The molecule has 0 amide bonds. The van der Waals surface area contributed by atoms with Crippen LogP contribution in [0.4, 0.5) is 0 Å². The first-order chi connectivity index (χ1) is 12.5. The fourth-order valence-electron chi connectivity index (χ4n) is 4.27. The lowest BCUT2D eigenvalue weighted by Crippen LogP contribution is -2.52. The van der Waals surface area contributed by atoms with Crippen molar-refractivity contribution >= 4 is 14.5 Å². The molecule has 2 nitrogen and oxygen atoms in total. The van der Waals surface area contributed by atoms with Gasteiger partial charge in [0.2, 0.25) is 0 Å². The fraction of sp³-hybridized carbons (Fsp3) is 0.435. The monoisotopic (exact) mass is 366 g/mol. The summed E-state index contributed by atoms with van der Waals surface area (Å²) in [5, 5.41) is 0. The summed E-state index contributed by atoms with van der Waals surface area (Å²) in [7, 11) is -1.82. The van der Waals surface area contributed by atoms with Gasteiger partial charge in [0.05, 0.1) is 0 Å². The fourth-order valence-corrected chi connectivity index (χ4v) is 5.61. The van der Waals surface area contributed by atoms with Crippen molar-refractivity contribution in [3.63, 3.8) is 0 Å². The topological polar surface area (TPSA) is 12.2 Å². The van der Waals surface area contributed by atoms with Gasteiger partial charge in [0.1, 0.15) is 12.8 Å². The largest absolute Gasteiger partial charge is 0.399 e. The Morgan fingerprint density at radius 2 is 1.54 bits per heavy atom. The molecule has 1 aliphatic rings. The number of hydrogen-bond donors (Lipinski definition) is 0. The van der Waals surface area contributed by atoms with E-state index in [4.69, 9.17) is 4.43 Å². The molecule has 1 atom stereocenters. The van der Waals surface area contributed by atoms with E-state index in [1.807, 2.05) is 0 Å². The van der Waals surface area contributed by atoms with Gasteiger partial charge in [-0.25, -0.2) is 4.58 Å². The number of benzene rings is 2. The first-order valence-electron chi connectivity index (χ1n) is 9.87. The lowest BCUT2D eigenvalue weighted by molar-refractivity contribution is -0.559. The minimum Gasteiger partial charge on any atom is -0.399 e.